The lowest BCUT2D eigenvalue weighted by atomic mass is 9.44. The maximum atomic E-state index is 13.5. The van der Waals surface area contributed by atoms with Crippen LogP contribution in [0.3, 0.4) is 0 Å². The Labute approximate surface area is 235 Å². The zero-order chi connectivity index (χ0) is 28.6. The summed E-state index contributed by atoms with van der Waals surface area (Å²) in [6.07, 6.45) is 5.74. The number of nitrogens with two attached hydrogens (primary N) is 2. The van der Waals surface area contributed by atoms with Crippen LogP contribution in [0.1, 0.15) is 65.4 Å². The summed E-state index contributed by atoms with van der Waals surface area (Å²) in [7, 11) is 0. The summed E-state index contributed by atoms with van der Waals surface area (Å²) in [4.78, 5) is 27.8. The fourth-order valence-corrected chi connectivity index (χ4v) is 8.43. The van der Waals surface area contributed by atoms with Crippen LogP contribution in [-0.4, -0.2) is 47.0 Å². The van der Waals surface area contributed by atoms with Crippen LogP contribution in [0.5, 0.6) is 0 Å². The molecule has 3 fully saturated rings. The molecule has 39 heavy (non-hydrogen) atoms. The summed E-state index contributed by atoms with van der Waals surface area (Å²) in [6.45, 7) is 12.5. The van der Waals surface area contributed by atoms with E-state index in [-0.39, 0.29) is 46.6 Å². The smallest absolute Gasteiger partial charge is 0.316 e. The van der Waals surface area contributed by atoms with Gasteiger partial charge >= 0.3 is 5.97 Å². The number of Topliss-reactive ketones (excluding diaryl/α,β-unsaturated/α-hetero) is 1. The third-order valence-corrected chi connectivity index (χ3v) is 11.1. The van der Waals surface area contributed by atoms with E-state index in [0.29, 0.717) is 12.8 Å². The molecule has 0 radical (unpaired) electrons. The molecule has 3 aliphatic carbocycles. The monoisotopic (exact) mass is 554 g/mol. The molecule has 5 N–H and O–H groups in total. The zero-order valence-corrected chi connectivity index (χ0v) is 24.2. The second-order valence-electron chi connectivity index (χ2n) is 12.2. The molecule has 3 aliphatic rings. The van der Waals surface area contributed by atoms with Gasteiger partial charge in [-0.3, -0.25) is 9.59 Å². The molecule has 8 atom stereocenters. The van der Waals surface area contributed by atoms with E-state index in [0.717, 1.165) is 29.7 Å². The minimum Gasteiger partial charge on any atom is -0.461 e. The largest absolute Gasteiger partial charge is 0.461 e. The fraction of sp³-hybridized carbons (Fsp3) is 0.600. The van der Waals surface area contributed by atoms with E-state index in [9.17, 15) is 14.7 Å². The summed E-state index contributed by atoms with van der Waals surface area (Å²) in [6, 6.07) is 7.53. The molecule has 0 heterocycles. The van der Waals surface area contributed by atoms with Gasteiger partial charge in [-0.05, 0) is 60.6 Å². The van der Waals surface area contributed by atoms with Crippen molar-refractivity contribution in [1.29, 1.82) is 0 Å². The first kappa shape index (κ1) is 29.3. The second kappa shape index (κ2) is 11.1. The minimum absolute atomic E-state index is 0.0567. The van der Waals surface area contributed by atoms with E-state index in [2.05, 4.69) is 37.6 Å². The van der Waals surface area contributed by atoms with E-state index in [1.54, 1.807) is 0 Å². The highest BCUT2D eigenvalue weighted by Crippen LogP contribution is 2.68. The van der Waals surface area contributed by atoms with Gasteiger partial charge in [-0.1, -0.05) is 45.9 Å². The first-order valence-electron chi connectivity index (χ1n) is 13.8. The van der Waals surface area contributed by atoms with Gasteiger partial charge in [-0.2, -0.15) is 5.10 Å². The minimum atomic E-state index is -0.680. The van der Waals surface area contributed by atoms with E-state index in [1.807, 2.05) is 37.3 Å². The maximum Gasteiger partial charge on any atom is 0.316 e. The quantitative estimate of drug-likeness (QED) is 0.114. The molecule has 1 aromatic rings. The molecule has 0 saturated heterocycles. The summed E-state index contributed by atoms with van der Waals surface area (Å²) >= 11 is 1.37. The predicted molar refractivity (Wildman–Crippen MR) is 155 cm³/mol. The molecule has 8 nitrogen and oxygen atoms in total. The van der Waals surface area contributed by atoms with Crippen molar-refractivity contribution in [2.24, 2.45) is 55.7 Å². The first-order valence-corrected chi connectivity index (χ1v) is 14.7. The number of esters is 1. The molecule has 0 spiro atoms. The van der Waals surface area contributed by atoms with Crippen molar-refractivity contribution in [2.75, 3.05) is 5.75 Å². The van der Waals surface area contributed by atoms with Crippen LogP contribution < -0.4 is 11.5 Å². The molecule has 212 valence electrons. The number of guanidine groups is 1. The molecule has 0 aromatic heterocycles. The predicted octanol–water partition coefficient (Wildman–Crippen LogP) is 4.29. The van der Waals surface area contributed by atoms with E-state index < -0.39 is 23.0 Å². The maximum absolute atomic E-state index is 13.5. The standard InChI is InChI=1S/C30H42N4O4S/c1-6-28(4)15-23(38-24(36)17-39-21-9-7-8-20(14-21)16-33-34-27(31)32)29(5)18(2)10-12-30(19(3)26(28)37)13-11-22(35)25(29)30/h6-9,14,16,18-19,23,25-26,37H,1,10-13,15,17H2,2-5H3,(H4,31,32,34)/t18?,19-,23+,25?,26-,28+,29-,30?/m0/s1. The van der Waals surface area contributed by atoms with Crippen molar-refractivity contribution in [2.45, 2.75) is 76.9 Å². The Kier molecular flexibility index (Phi) is 8.34. The van der Waals surface area contributed by atoms with Gasteiger partial charge < -0.3 is 21.3 Å². The Morgan fingerprint density at radius 3 is 2.72 bits per heavy atom. The van der Waals surface area contributed by atoms with Gasteiger partial charge in [0, 0.05) is 28.1 Å². The van der Waals surface area contributed by atoms with E-state index >= 15 is 0 Å². The molecular weight excluding hydrogens is 512 g/mol. The molecular formula is C30H42N4O4S. The summed E-state index contributed by atoms with van der Waals surface area (Å²) in [5, 5.41) is 19.1. The van der Waals surface area contributed by atoms with Gasteiger partial charge in [0.25, 0.3) is 0 Å². The van der Waals surface area contributed by atoms with Gasteiger partial charge in [-0.25, -0.2) is 0 Å². The Balaban J connectivity index is 1.59. The fourth-order valence-electron chi connectivity index (χ4n) is 7.68. The summed E-state index contributed by atoms with van der Waals surface area (Å²) in [5.41, 5.74) is 9.95. The van der Waals surface area contributed by atoms with Crippen molar-refractivity contribution in [3.8, 4) is 0 Å². The van der Waals surface area contributed by atoms with Crippen LogP contribution in [-0.2, 0) is 14.3 Å². The lowest BCUT2D eigenvalue weighted by molar-refractivity contribution is -0.205. The molecule has 3 unspecified atom stereocenters. The van der Waals surface area contributed by atoms with Gasteiger partial charge in [0.15, 0.2) is 0 Å². The number of benzene rings is 1. The zero-order valence-electron chi connectivity index (χ0n) is 23.4. The van der Waals surface area contributed by atoms with Gasteiger partial charge in [0.2, 0.25) is 5.96 Å². The van der Waals surface area contributed by atoms with Gasteiger partial charge in [0.1, 0.15) is 11.9 Å². The lowest BCUT2D eigenvalue weighted by Crippen LogP contribution is -2.63. The van der Waals surface area contributed by atoms with Gasteiger partial charge in [0.05, 0.1) is 18.1 Å². The number of nitrogens with zero attached hydrogens (tertiary/aromatic N) is 2. The van der Waals surface area contributed by atoms with Crippen molar-refractivity contribution >= 4 is 35.7 Å². The highest BCUT2D eigenvalue weighted by Gasteiger charge is 2.68. The average molecular weight is 555 g/mol. The molecule has 2 bridgehead atoms. The number of rotatable bonds is 7. The average Bonchev–Trinajstić information content (AvgIpc) is 3.26. The Hall–Kier alpha value is -2.65. The highest BCUT2D eigenvalue weighted by atomic mass is 32.2. The molecule has 1 aromatic carbocycles. The second-order valence-corrected chi connectivity index (χ2v) is 13.2. The normalized spacial score (nSPS) is 38.0. The number of hydrogen-bond donors (Lipinski definition) is 3. The lowest BCUT2D eigenvalue weighted by Gasteiger charge is -2.61. The van der Waals surface area contributed by atoms with E-state index in [4.69, 9.17) is 16.2 Å². The Morgan fingerprint density at radius 2 is 2.03 bits per heavy atom. The molecule has 3 saturated carbocycles. The number of carbonyl (C=O) groups excluding carboxylic acids is 2. The number of ether oxygens (including phenoxy) is 1. The number of carbonyl (C=O) groups is 2. The number of aliphatic hydroxyl groups excluding tert-OH is 1. The summed E-state index contributed by atoms with van der Waals surface area (Å²) < 4.78 is 6.32. The highest BCUT2D eigenvalue weighted by molar-refractivity contribution is 8.00. The molecule has 4 rings (SSSR count). The first-order chi connectivity index (χ1) is 18.4. The third-order valence-electron chi connectivity index (χ3n) is 10.2. The molecule has 0 amide bonds. The molecule has 0 aliphatic heterocycles. The van der Waals surface area contributed by atoms with Crippen LogP contribution in [0.25, 0.3) is 0 Å². The SMILES string of the molecule is C=C[C@]1(C)C[C@@H](OC(=O)CSc2cccc(C=NN=C(N)N)c2)[C@]2(C)C(C)CCC3(CCC(=O)C32)[C@@H](C)[C@@H]1O. The number of thioether (sulfide) groups is 1. The van der Waals surface area contributed by atoms with Gasteiger partial charge in [-0.15, -0.1) is 23.4 Å². The number of aliphatic hydroxyl groups is 1. The topological polar surface area (TPSA) is 140 Å². The van der Waals surface area contributed by atoms with Crippen molar-refractivity contribution < 1.29 is 19.4 Å². The summed E-state index contributed by atoms with van der Waals surface area (Å²) in [5.74, 6) is -0.197. The third kappa shape index (κ3) is 5.27. The Bertz CT molecular complexity index is 1180. The molecule has 9 heteroatoms. The van der Waals surface area contributed by atoms with Crippen molar-refractivity contribution in [1.82, 2.24) is 0 Å². The number of hydrogen-bond acceptors (Lipinski definition) is 7. The van der Waals surface area contributed by atoms with Crippen LogP contribution in [0.15, 0.2) is 52.0 Å². The van der Waals surface area contributed by atoms with Crippen LogP contribution in [0.2, 0.25) is 0 Å². The van der Waals surface area contributed by atoms with Crippen molar-refractivity contribution in [3.63, 3.8) is 0 Å². The van der Waals surface area contributed by atoms with Crippen LogP contribution >= 0.6 is 11.8 Å². The van der Waals surface area contributed by atoms with E-state index in [1.165, 1.54) is 18.0 Å². The van der Waals surface area contributed by atoms with Crippen LogP contribution in [0.4, 0.5) is 0 Å². The Morgan fingerprint density at radius 1 is 1.28 bits per heavy atom. The number of ketones is 1. The van der Waals surface area contributed by atoms with Crippen LogP contribution in [0, 0.1) is 34.0 Å². The van der Waals surface area contributed by atoms with Crippen molar-refractivity contribution in [3.05, 3.63) is 42.5 Å².